The van der Waals surface area contributed by atoms with Crippen molar-refractivity contribution < 1.29 is 18.9 Å². The van der Waals surface area contributed by atoms with Gasteiger partial charge in [-0.05, 0) is 31.4 Å². The second-order valence-electron chi connectivity index (χ2n) is 2.56. The zero-order valence-corrected chi connectivity index (χ0v) is 7.32. The molecule has 0 amide bonds. The summed E-state index contributed by atoms with van der Waals surface area (Å²) in [5.74, 6) is 0.415. The van der Waals surface area contributed by atoms with Gasteiger partial charge in [0.1, 0.15) is 5.75 Å². The molecule has 13 heavy (non-hydrogen) atoms. The van der Waals surface area contributed by atoms with Gasteiger partial charge in [-0.3, -0.25) is 0 Å². The van der Waals surface area contributed by atoms with Crippen LogP contribution in [0.2, 0.25) is 0 Å². The van der Waals surface area contributed by atoms with Crippen LogP contribution in [-0.4, -0.2) is 23.8 Å². The summed E-state index contributed by atoms with van der Waals surface area (Å²) in [6.45, 7) is -0.162. The maximum Gasteiger partial charge on any atom is 0.488 e. The number of rotatable bonds is 3. The molecular weight excluding hydrogens is 167 g/mol. The summed E-state index contributed by atoms with van der Waals surface area (Å²) in [6.07, 6.45) is 0. The van der Waals surface area contributed by atoms with Crippen molar-refractivity contribution in [3.63, 3.8) is 0 Å². The first-order chi connectivity index (χ1) is 7.36. The van der Waals surface area contributed by atoms with Crippen LogP contribution < -0.4 is 10.2 Å². The van der Waals surface area contributed by atoms with Crippen LogP contribution in [0.1, 0.15) is 16.6 Å². The van der Waals surface area contributed by atoms with E-state index in [1.54, 1.807) is 6.92 Å². The highest BCUT2D eigenvalue weighted by atomic mass is 16.5. The molecule has 0 radical (unpaired) electrons. The summed E-state index contributed by atoms with van der Waals surface area (Å²) in [7, 11) is -1.82. The van der Waals surface area contributed by atoms with E-state index in [4.69, 9.17) is 18.9 Å². The van der Waals surface area contributed by atoms with Gasteiger partial charge in [0, 0.05) is 4.11 Å². The van der Waals surface area contributed by atoms with Gasteiger partial charge in [-0.2, -0.15) is 0 Å². The zero-order valence-electron chi connectivity index (χ0n) is 10.3. The molecule has 0 aromatic heterocycles. The van der Waals surface area contributed by atoms with E-state index in [1.807, 2.05) is 0 Å². The van der Waals surface area contributed by atoms with Crippen LogP contribution in [-0.2, 0) is 0 Å². The Morgan fingerprint density at radius 1 is 1.54 bits per heavy atom. The summed E-state index contributed by atoms with van der Waals surface area (Å²) in [5, 5.41) is 18.2. The lowest BCUT2D eigenvalue weighted by Crippen LogP contribution is -2.32. The van der Waals surface area contributed by atoms with Gasteiger partial charge in [-0.25, -0.2) is 0 Å². The third kappa shape index (κ3) is 2.47. The Kier molecular flexibility index (Phi) is 2.14. The molecule has 4 heteroatoms. The third-order valence-electron chi connectivity index (χ3n) is 1.61. The second kappa shape index (κ2) is 4.30. The first-order valence-corrected chi connectivity index (χ1v) is 3.99. The van der Waals surface area contributed by atoms with Gasteiger partial charge in [-0.15, -0.1) is 0 Å². The lowest BCUT2D eigenvalue weighted by Gasteiger charge is -2.08. The smallest absolute Gasteiger partial charge is 0.488 e. The molecule has 0 bridgehead atoms. The predicted molar refractivity (Wildman–Crippen MR) is 52.2 cm³/mol. The average molecular weight is 183 g/mol. The van der Waals surface area contributed by atoms with Crippen molar-refractivity contribution in [2.24, 2.45) is 0 Å². The Bertz CT molecular complexity index is 366. The molecule has 0 saturated carbocycles. The van der Waals surface area contributed by atoms with Gasteiger partial charge >= 0.3 is 7.12 Å². The summed E-state index contributed by atoms with van der Waals surface area (Å²) in [4.78, 5) is 0. The number of ether oxygens (including phenoxy) is 1. The fraction of sp³-hybridized carbons (Fsp3) is 0.333. The second-order valence-corrected chi connectivity index (χ2v) is 2.56. The Morgan fingerprint density at radius 3 is 2.85 bits per heavy atom. The van der Waals surface area contributed by atoms with Gasteiger partial charge in [0.25, 0.3) is 0 Å². The van der Waals surface area contributed by atoms with Crippen LogP contribution in [0.5, 0.6) is 5.75 Å². The number of hydrogen-bond donors (Lipinski definition) is 2. The molecule has 1 aromatic rings. The molecule has 70 valence electrons. The highest BCUT2D eigenvalue weighted by Crippen LogP contribution is 2.09. The van der Waals surface area contributed by atoms with E-state index in [1.165, 1.54) is 18.2 Å². The van der Waals surface area contributed by atoms with Gasteiger partial charge < -0.3 is 14.8 Å². The molecule has 0 aliphatic carbocycles. The van der Waals surface area contributed by atoms with Crippen LogP contribution in [0.4, 0.5) is 0 Å². The number of hydrogen-bond acceptors (Lipinski definition) is 3. The van der Waals surface area contributed by atoms with E-state index >= 15 is 0 Å². The fourth-order valence-corrected chi connectivity index (χ4v) is 1.01. The fourth-order valence-electron chi connectivity index (χ4n) is 1.01. The Morgan fingerprint density at radius 2 is 2.31 bits per heavy atom. The van der Waals surface area contributed by atoms with Crippen molar-refractivity contribution in [1.82, 2.24) is 0 Å². The van der Waals surface area contributed by atoms with Crippen molar-refractivity contribution in [3.05, 3.63) is 23.8 Å². The summed E-state index contributed by atoms with van der Waals surface area (Å²) in [5.41, 5.74) is -0.128. The molecule has 3 nitrogen and oxygen atoms in total. The van der Waals surface area contributed by atoms with Crippen LogP contribution >= 0.6 is 0 Å². The molecule has 0 aliphatic rings. The Balaban J connectivity index is 3.20. The van der Waals surface area contributed by atoms with Crippen molar-refractivity contribution in [2.75, 3.05) is 6.61 Å². The minimum atomic E-state index is -2.37. The Labute approximate surface area is 82.3 Å². The Hall–Kier alpha value is -0.995. The lowest BCUT2D eigenvalue weighted by atomic mass is 9.77. The van der Waals surface area contributed by atoms with Gasteiger partial charge in [0.05, 0.1) is 6.61 Å². The number of aryl methyl sites for hydroxylation is 1. The van der Waals surface area contributed by atoms with E-state index in [2.05, 4.69) is 0 Å². The topological polar surface area (TPSA) is 49.7 Å². The highest BCUT2D eigenvalue weighted by Gasteiger charge is 2.14. The van der Waals surface area contributed by atoms with E-state index in [9.17, 15) is 0 Å². The van der Waals surface area contributed by atoms with E-state index in [-0.39, 0.29) is 11.0 Å². The lowest BCUT2D eigenvalue weighted by molar-refractivity contribution is 0.340. The molecule has 0 saturated heterocycles. The molecule has 1 aromatic carbocycles. The van der Waals surface area contributed by atoms with Gasteiger partial charge in [0.15, 0.2) is 0 Å². The molecular formula is C9H13BO3. The summed E-state index contributed by atoms with van der Waals surface area (Å²) < 4.78 is 26.9. The molecule has 0 aliphatic heterocycles. The monoisotopic (exact) mass is 183 g/mol. The van der Waals surface area contributed by atoms with Crippen molar-refractivity contribution in [2.45, 2.75) is 13.8 Å². The average Bonchev–Trinajstić information content (AvgIpc) is 2.16. The normalized spacial score (nSPS) is 14.2. The molecule has 0 heterocycles. The van der Waals surface area contributed by atoms with Crippen LogP contribution in [0.15, 0.2) is 18.2 Å². The van der Waals surface area contributed by atoms with Crippen molar-refractivity contribution in [1.29, 1.82) is 0 Å². The van der Waals surface area contributed by atoms with Crippen LogP contribution in [0.3, 0.4) is 0 Å². The molecule has 0 atom stereocenters. The predicted octanol–water partition coefficient (Wildman–Crippen LogP) is 0.0735. The summed E-state index contributed by atoms with van der Waals surface area (Å²) >= 11 is 0. The van der Waals surface area contributed by atoms with Gasteiger partial charge in [0.2, 0.25) is 0 Å². The quantitative estimate of drug-likeness (QED) is 0.652. The van der Waals surface area contributed by atoms with E-state index < -0.39 is 14.0 Å². The molecule has 0 spiro atoms. The minimum Gasteiger partial charge on any atom is -0.494 e. The van der Waals surface area contributed by atoms with Crippen LogP contribution in [0, 0.1) is 6.85 Å². The molecule has 0 fully saturated rings. The van der Waals surface area contributed by atoms with Gasteiger partial charge in [-0.1, -0.05) is 11.6 Å². The number of benzene rings is 1. The minimum absolute atomic E-state index is 0.0500. The maximum absolute atomic E-state index is 9.11. The highest BCUT2D eigenvalue weighted by molar-refractivity contribution is 6.59. The largest absolute Gasteiger partial charge is 0.494 e. The van der Waals surface area contributed by atoms with Crippen molar-refractivity contribution in [3.8, 4) is 5.75 Å². The zero-order chi connectivity index (χ0) is 12.3. The molecule has 2 N–H and O–H groups in total. The van der Waals surface area contributed by atoms with E-state index in [0.717, 1.165) is 0 Å². The van der Waals surface area contributed by atoms with E-state index in [0.29, 0.717) is 12.4 Å². The summed E-state index contributed by atoms with van der Waals surface area (Å²) in [6, 6.07) is 4.15. The third-order valence-corrected chi connectivity index (χ3v) is 1.61. The van der Waals surface area contributed by atoms with Crippen LogP contribution in [0.25, 0.3) is 0 Å². The SMILES string of the molecule is [2H]C([2H])([2H])c1ccc(OCC)cc1B(O)O. The maximum atomic E-state index is 9.11. The molecule has 1 rings (SSSR count). The standard InChI is InChI=1S/C9H13BO3/c1-3-13-8-5-4-7(2)9(6-8)10(11)12/h4-6,11-12H,3H2,1-2H3/i2D3. The first-order valence-electron chi connectivity index (χ1n) is 5.49. The molecule has 0 unspecified atom stereocenters. The van der Waals surface area contributed by atoms with Crippen molar-refractivity contribution >= 4 is 12.6 Å². The first kappa shape index (κ1) is 6.46.